The van der Waals surface area contributed by atoms with Crippen LogP contribution >= 0.6 is 11.3 Å². The highest BCUT2D eigenvalue weighted by Gasteiger charge is 2.33. The van der Waals surface area contributed by atoms with Crippen LogP contribution < -0.4 is 9.47 Å². The maximum absolute atomic E-state index is 13.1. The minimum Gasteiger partial charge on any atom is -0.477 e. The van der Waals surface area contributed by atoms with E-state index in [0.717, 1.165) is 36.4 Å². The third kappa shape index (κ3) is 3.53. The van der Waals surface area contributed by atoms with E-state index in [9.17, 15) is 9.18 Å². The van der Waals surface area contributed by atoms with Crippen LogP contribution in [-0.2, 0) is 13.0 Å². The molecule has 1 aromatic heterocycles. The molecule has 3 heterocycles. The molecule has 6 heteroatoms. The summed E-state index contributed by atoms with van der Waals surface area (Å²) in [6, 6.07) is 12.1. The Morgan fingerprint density at radius 3 is 2.80 bits per heavy atom. The van der Waals surface area contributed by atoms with Crippen molar-refractivity contribution in [1.82, 2.24) is 4.90 Å². The smallest absolute Gasteiger partial charge is 0.231 e. The molecule has 2 aromatic carbocycles. The van der Waals surface area contributed by atoms with Gasteiger partial charge in [-0.1, -0.05) is 18.2 Å². The number of ketones is 1. The Morgan fingerprint density at radius 1 is 1.20 bits per heavy atom. The Morgan fingerprint density at radius 2 is 2.03 bits per heavy atom. The van der Waals surface area contributed by atoms with Crippen molar-refractivity contribution in [2.75, 3.05) is 13.3 Å². The lowest BCUT2D eigenvalue weighted by Gasteiger charge is -2.30. The quantitative estimate of drug-likeness (QED) is 0.543. The molecule has 0 N–H and O–H groups in total. The van der Waals surface area contributed by atoms with Crippen LogP contribution in [0.1, 0.15) is 31.9 Å². The van der Waals surface area contributed by atoms with Gasteiger partial charge in [0.2, 0.25) is 5.78 Å². The number of nitrogens with zero attached hydrogens (tertiary/aromatic N) is 1. The van der Waals surface area contributed by atoms with Gasteiger partial charge in [-0.3, -0.25) is 9.69 Å². The fourth-order valence-electron chi connectivity index (χ4n) is 3.87. The molecule has 0 aliphatic carbocycles. The van der Waals surface area contributed by atoms with E-state index in [0.29, 0.717) is 23.6 Å². The second kappa shape index (κ2) is 7.70. The number of hydrogen-bond donors (Lipinski definition) is 0. The molecule has 0 amide bonds. The SMILES string of the molecule is Cc1c2c(cc3c1O/C(=C\c1ccc(F)cc1)C3=O)CN(CCc1cccs1)CO2. The van der Waals surface area contributed by atoms with Gasteiger partial charge in [0.25, 0.3) is 0 Å². The molecule has 5 rings (SSSR count). The maximum Gasteiger partial charge on any atom is 0.231 e. The van der Waals surface area contributed by atoms with Gasteiger partial charge in [-0.05, 0) is 54.6 Å². The molecular weight excluding hydrogens is 401 g/mol. The van der Waals surface area contributed by atoms with Gasteiger partial charge >= 0.3 is 0 Å². The lowest BCUT2D eigenvalue weighted by molar-refractivity contribution is 0.0956. The average molecular weight is 421 g/mol. The van der Waals surface area contributed by atoms with E-state index in [2.05, 4.69) is 22.4 Å². The third-order valence-electron chi connectivity index (χ3n) is 5.42. The van der Waals surface area contributed by atoms with Crippen LogP contribution in [0.25, 0.3) is 6.08 Å². The first kappa shape index (κ1) is 19.0. The number of carbonyl (C=O) groups is 1. The van der Waals surface area contributed by atoms with Gasteiger partial charge in [0.15, 0.2) is 5.76 Å². The summed E-state index contributed by atoms with van der Waals surface area (Å²) in [5, 5.41) is 2.09. The van der Waals surface area contributed by atoms with Crippen molar-refractivity contribution in [3.8, 4) is 11.5 Å². The van der Waals surface area contributed by atoms with Crippen molar-refractivity contribution in [3.05, 3.63) is 86.6 Å². The summed E-state index contributed by atoms with van der Waals surface area (Å²) in [7, 11) is 0. The molecule has 0 bridgehead atoms. The summed E-state index contributed by atoms with van der Waals surface area (Å²) in [4.78, 5) is 16.5. The monoisotopic (exact) mass is 421 g/mol. The molecular formula is C24H20FNO3S. The van der Waals surface area contributed by atoms with Crippen LogP contribution in [-0.4, -0.2) is 24.0 Å². The number of allylic oxidation sites excluding steroid dienone is 1. The summed E-state index contributed by atoms with van der Waals surface area (Å²) >= 11 is 1.76. The number of halogens is 1. The minimum absolute atomic E-state index is 0.157. The van der Waals surface area contributed by atoms with Crippen LogP contribution in [0, 0.1) is 12.7 Å². The van der Waals surface area contributed by atoms with E-state index in [1.165, 1.54) is 17.0 Å². The highest BCUT2D eigenvalue weighted by atomic mass is 32.1. The van der Waals surface area contributed by atoms with E-state index < -0.39 is 0 Å². The molecule has 2 aliphatic rings. The lowest BCUT2D eigenvalue weighted by Crippen LogP contribution is -2.34. The maximum atomic E-state index is 13.1. The molecule has 0 saturated carbocycles. The Labute approximate surface area is 178 Å². The number of ether oxygens (including phenoxy) is 2. The van der Waals surface area contributed by atoms with E-state index in [-0.39, 0.29) is 17.4 Å². The van der Waals surface area contributed by atoms with Crippen molar-refractivity contribution in [3.63, 3.8) is 0 Å². The average Bonchev–Trinajstić information content (AvgIpc) is 3.38. The zero-order valence-electron chi connectivity index (χ0n) is 16.5. The molecule has 2 aliphatic heterocycles. The van der Waals surface area contributed by atoms with Crippen molar-refractivity contribution in [2.45, 2.75) is 19.9 Å². The summed E-state index contributed by atoms with van der Waals surface area (Å²) < 4.78 is 25.1. The molecule has 30 heavy (non-hydrogen) atoms. The van der Waals surface area contributed by atoms with Crippen LogP contribution in [0.4, 0.5) is 4.39 Å². The minimum atomic E-state index is -0.316. The molecule has 4 nitrogen and oxygen atoms in total. The van der Waals surface area contributed by atoms with E-state index >= 15 is 0 Å². The highest BCUT2D eigenvalue weighted by molar-refractivity contribution is 7.09. The van der Waals surface area contributed by atoms with E-state index in [1.54, 1.807) is 29.5 Å². The molecule has 3 aromatic rings. The summed E-state index contributed by atoms with van der Waals surface area (Å²) in [5.74, 6) is 1.13. The van der Waals surface area contributed by atoms with Gasteiger partial charge in [0.05, 0.1) is 5.56 Å². The fraction of sp³-hybridized carbons (Fsp3) is 0.208. The second-order valence-corrected chi connectivity index (χ2v) is 8.55. The largest absolute Gasteiger partial charge is 0.477 e. The second-order valence-electron chi connectivity index (χ2n) is 7.51. The number of rotatable bonds is 4. The Balaban J connectivity index is 1.38. The molecule has 0 saturated heterocycles. The standard InChI is InChI=1S/C24H20FNO3S/c1-15-23-17(13-26(14-28-23)9-8-19-3-2-10-30-19)12-20-22(27)21(29-24(15)20)11-16-4-6-18(25)7-5-16/h2-7,10-12H,8-9,13-14H2,1H3/b21-11-. The first-order chi connectivity index (χ1) is 14.6. The van der Waals surface area contributed by atoms with Crippen LogP contribution in [0.15, 0.2) is 53.6 Å². The van der Waals surface area contributed by atoms with Gasteiger partial charge in [0.1, 0.15) is 24.0 Å². The van der Waals surface area contributed by atoms with Crippen molar-refractivity contribution in [1.29, 1.82) is 0 Å². The predicted octanol–water partition coefficient (Wildman–Crippen LogP) is 5.21. The first-order valence-electron chi connectivity index (χ1n) is 9.82. The molecule has 0 radical (unpaired) electrons. The van der Waals surface area contributed by atoms with Gasteiger partial charge in [-0.15, -0.1) is 11.3 Å². The number of thiophene rings is 1. The topological polar surface area (TPSA) is 38.8 Å². The van der Waals surface area contributed by atoms with E-state index in [1.807, 2.05) is 13.0 Å². The summed E-state index contributed by atoms with van der Waals surface area (Å²) in [6.45, 7) is 4.08. The molecule has 0 atom stereocenters. The molecule has 0 fully saturated rings. The molecule has 0 spiro atoms. The van der Waals surface area contributed by atoms with Gasteiger partial charge in [-0.25, -0.2) is 4.39 Å². The zero-order valence-corrected chi connectivity index (χ0v) is 17.3. The van der Waals surface area contributed by atoms with Crippen LogP contribution in [0.3, 0.4) is 0 Å². The normalized spacial score (nSPS) is 16.9. The third-order valence-corrected chi connectivity index (χ3v) is 6.36. The number of Topliss-reactive ketones (excluding diaryl/α,β-unsaturated/α-hetero) is 1. The van der Waals surface area contributed by atoms with Gasteiger partial charge in [0, 0.05) is 29.1 Å². The van der Waals surface area contributed by atoms with Gasteiger partial charge < -0.3 is 9.47 Å². The summed E-state index contributed by atoms with van der Waals surface area (Å²) in [6.07, 6.45) is 2.63. The number of carbonyl (C=O) groups excluding carboxylic acids is 1. The zero-order chi connectivity index (χ0) is 20.7. The predicted molar refractivity (Wildman–Crippen MR) is 114 cm³/mol. The first-order valence-corrected chi connectivity index (χ1v) is 10.7. The number of fused-ring (bicyclic) bond motifs is 2. The highest BCUT2D eigenvalue weighted by Crippen LogP contribution is 2.43. The number of hydrogen-bond acceptors (Lipinski definition) is 5. The van der Waals surface area contributed by atoms with Crippen LogP contribution in [0.2, 0.25) is 0 Å². The summed E-state index contributed by atoms with van der Waals surface area (Å²) in [5.41, 5.74) is 3.12. The Bertz CT molecular complexity index is 1140. The lowest BCUT2D eigenvalue weighted by atomic mass is 10.00. The Kier molecular flexibility index (Phi) is 4.89. The molecule has 0 unspecified atom stereocenters. The van der Waals surface area contributed by atoms with E-state index in [4.69, 9.17) is 9.47 Å². The van der Waals surface area contributed by atoms with Crippen molar-refractivity contribution in [2.24, 2.45) is 0 Å². The fourth-order valence-corrected chi connectivity index (χ4v) is 4.57. The van der Waals surface area contributed by atoms with Crippen LogP contribution in [0.5, 0.6) is 11.5 Å². The molecule has 152 valence electrons. The van der Waals surface area contributed by atoms with Crippen molar-refractivity contribution < 1.29 is 18.7 Å². The Hall–Kier alpha value is -2.96. The van der Waals surface area contributed by atoms with Crippen molar-refractivity contribution >= 4 is 23.2 Å². The number of benzene rings is 2. The van der Waals surface area contributed by atoms with Gasteiger partial charge in [-0.2, -0.15) is 0 Å².